The third-order valence-corrected chi connectivity index (χ3v) is 2.86. The number of aryl methyl sites for hydroxylation is 1. The molecular formula is C13H18N2. The average Bonchev–Trinajstić information content (AvgIpc) is 2.57. The van der Waals surface area contributed by atoms with Gasteiger partial charge in [-0.1, -0.05) is 12.1 Å². The molecule has 0 aliphatic carbocycles. The van der Waals surface area contributed by atoms with E-state index in [-0.39, 0.29) is 0 Å². The third-order valence-electron chi connectivity index (χ3n) is 2.86. The largest absolute Gasteiger partial charge is 0.359 e. The van der Waals surface area contributed by atoms with Crippen molar-refractivity contribution in [3.63, 3.8) is 0 Å². The molecule has 2 aromatic rings. The number of hydrogen-bond donors (Lipinski definition) is 2. The second-order valence-electron chi connectivity index (χ2n) is 4.27. The van der Waals surface area contributed by atoms with Gasteiger partial charge in [-0.3, -0.25) is 0 Å². The molecule has 80 valence electrons. The molecule has 0 amide bonds. The van der Waals surface area contributed by atoms with Crippen LogP contribution in [0, 0.1) is 6.92 Å². The van der Waals surface area contributed by atoms with Crippen molar-refractivity contribution in [3.8, 4) is 0 Å². The predicted octanol–water partition coefficient (Wildman–Crippen LogP) is 2.63. The Morgan fingerprint density at radius 1 is 1.33 bits per heavy atom. The Kier molecular flexibility index (Phi) is 2.78. The highest BCUT2D eigenvalue weighted by Crippen LogP contribution is 2.17. The summed E-state index contributed by atoms with van der Waals surface area (Å²) in [6, 6.07) is 9.36. The van der Waals surface area contributed by atoms with E-state index >= 15 is 0 Å². The molecule has 0 radical (unpaired) electrons. The van der Waals surface area contributed by atoms with Crippen LogP contribution in [0.1, 0.15) is 18.2 Å². The van der Waals surface area contributed by atoms with E-state index in [1.807, 2.05) is 7.05 Å². The number of aromatic nitrogens is 1. The highest BCUT2D eigenvalue weighted by atomic mass is 14.8. The molecule has 1 unspecified atom stereocenters. The number of H-pyrrole nitrogens is 1. The van der Waals surface area contributed by atoms with Crippen LogP contribution >= 0.6 is 0 Å². The Morgan fingerprint density at radius 3 is 2.87 bits per heavy atom. The van der Waals surface area contributed by atoms with Gasteiger partial charge in [0.1, 0.15) is 0 Å². The van der Waals surface area contributed by atoms with Gasteiger partial charge in [0.2, 0.25) is 0 Å². The number of fused-ring (bicyclic) bond motifs is 1. The molecule has 1 aromatic heterocycles. The molecule has 2 N–H and O–H groups in total. The summed E-state index contributed by atoms with van der Waals surface area (Å²) in [5, 5.41) is 4.56. The maximum atomic E-state index is 3.37. The Morgan fingerprint density at radius 2 is 2.13 bits per heavy atom. The number of rotatable bonds is 3. The standard InChI is InChI=1S/C13H18N2/c1-9(14-3)6-11-4-5-12-7-10(2)15-13(12)8-11/h4-5,7-9,14-15H,6H2,1-3H3. The van der Waals surface area contributed by atoms with E-state index in [4.69, 9.17) is 0 Å². The van der Waals surface area contributed by atoms with Crippen molar-refractivity contribution in [2.75, 3.05) is 7.05 Å². The van der Waals surface area contributed by atoms with Crippen LogP contribution in [-0.2, 0) is 6.42 Å². The van der Waals surface area contributed by atoms with Crippen LogP contribution in [0.3, 0.4) is 0 Å². The maximum Gasteiger partial charge on any atom is 0.0458 e. The predicted molar refractivity (Wildman–Crippen MR) is 65.3 cm³/mol. The maximum absolute atomic E-state index is 3.37. The van der Waals surface area contributed by atoms with Crippen molar-refractivity contribution in [3.05, 3.63) is 35.5 Å². The van der Waals surface area contributed by atoms with Crippen LogP contribution in [0.5, 0.6) is 0 Å². The first-order valence-electron chi connectivity index (χ1n) is 5.44. The van der Waals surface area contributed by atoms with Gasteiger partial charge in [-0.25, -0.2) is 0 Å². The summed E-state index contributed by atoms with van der Waals surface area (Å²) in [7, 11) is 2.00. The smallest absolute Gasteiger partial charge is 0.0458 e. The SMILES string of the molecule is CNC(C)Cc1ccc2cc(C)[nH]c2c1. The van der Waals surface area contributed by atoms with E-state index in [1.54, 1.807) is 0 Å². The van der Waals surface area contributed by atoms with Crippen molar-refractivity contribution in [1.29, 1.82) is 0 Å². The molecule has 2 rings (SSSR count). The Bertz CT molecular complexity index is 457. The van der Waals surface area contributed by atoms with Crippen LogP contribution in [0.25, 0.3) is 10.9 Å². The lowest BCUT2D eigenvalue weighted by molar-refractivity contribution is 0.609. The van der Waals surface area contributed by atoms with Crippen LogP contribution in [-0.4, -0.2) is 18.1 Å². The van der Waals surface area contributed by atoms with E-state index in [1.165, 1.54) is 22.2 Å². The van der Waals surface area contributed by atoms with Gasteiger partial charge in [0, 0.05) is 17.3 Å². The van der Waals surface area contributed by atoms with E-state index in [0.29, 0.717) is 6.04 Å². The molecule has 1 heterocycles. The van der Waals surface area contributed by atoms with Gasteiger partial charge in [-0.05, 0) is 50.4 Å². The van der Waals surface area contributed by atoms with Crippen molar-refractivity contribution in [2.45, 2.75) is 26.3 Å². The zero-order valence-electron chi connectivity index (χ0n) is 9.59. The van der Waals surface area contributed by atoms with Crippen LogP contribution in [0.4, 0.5) is 0 Å². The summed E-state index contributed by atoms with van der Waals surface area (Å²) in [4.78, 5) is 3.37. The number of aromatic amines is 1. The molecule has 0 saturated heterocycles. The second kappa shape index (κ2) is 4.07. The van der Waals surface area contributed by atoms with Gasteiger partial charge in [-0.2, -0.15) is 0 Å². The molecule has 0 saturated carbocycles. The van der Waals surface area contributed by atoms with Crippen molar-refractivity contribution in [2.24, 2.45) is 0 Å². The number of likely N-dealkylation sites (N-methyl/N-ethyl adjacent to an activating group) is 1. The summed E-state index contributed by atoms with van der Waals surface area (Å²) < 4.78 is 0. The minimum Gasteiger partial charge on any atom is -0.359 e. The molecule has 1 atom stereocenters. The van der Waals surface area contributed by atoms with Gasteiger partial charge in [0.05, 0.1) is 0 Å². The van der Waals surface area contributed by atoms with Gasteiger partial charge in [0.15, 0.2) is 0 Å². The average molecular weight is 202 g/mol. The number of benzene rings is 1. The lowest BCUT2D eigenvalue weighted by Gasteiger charge is -2.09. The molecule has 0 spiro atoms. The second-order valence-corrected chi connectivity index (χ2v) is 4.27. The minimum absolute atomic E-state index is 0.526. The Hall–Kier alpha value is -1.28. The molecular weight excluding hydrogens is 184 g/mol. The first-order chi connectivity index (χ1) is 7.19. The molecule has 0 aliphatic heterocycles. The number of nitrogens with one attached hydrogen (secondary N) is 2. The highest BCUT2D eigenvalue weighted by molar-refractivity contribution is 5.81. The third kappa shape index (κ3) is 2.21. The highest BCUT2D eigenvalue weighted by Gasteiger charge is 2.02. The summed E-state index contributed by atoms with van der Waals surface area (Å²) >= 11 is 0. The molecule has 0 aliphatic rings. The normalized spacial score (nSPS) is 13.3. The number of hydrogen-bond acceptors (Lipinski definition) is 1. The fourth-order valence-corrected chi connectivity index (χ4v) is 1.90. The lowest BCUT2D eigenvalue weighted by Crippen LogP contribution is -2.23. The van der Waals surface area contributed by atoms with Gasteiger partial charge in [-0.15, -0.1) is 0 Å². The van der Waals surface area contributed by atoms with Gasteiger partial charge >= 0.3 is 0 Å². The van der Waals surface area contributed by atoms with Gasteiger partial charge in [0.25, 0.3) is 0 Å². The summed E-state index contributed by atoms with van der Waals surface area (Å²) in [5.41, 5.74) is 3.85. The summed E-state index contributed by atoms with van der Waals surface area (Å²) in [6.45, 7) is 4.29. The van der Waals surface area contributed by atoms with E-state index in [9.17, 15) is 0 Å². The molecule has 2 heteroatoms. The molecule has 2 nitrogen and oxygen atoms in total. The lowest BCUT2D eigenvalue weighted by atomic mass is 10.1. The van der Waals surface area contributed by atoms with Crippen molar-refractivity contribution < 1.29 is 0 Å². The Labute approximate surface area is 90.7 Å². The summed E-state index contributed by atoms with van der Waals surface area (Å²) in [6.07, 6.45) is 1.07. The monoisotopic (exact) mass is 202 g/mol. The fraction of sp³-hybridized carbons (Fsp3) is 0.385. The van der Waals surface area contributed by atoms with Crippen molar-refractivity contribution in [1.82, 2.24) is 10.3 Å². The van der Waals surface area contributed by atoms with Crippen LogP contribution < -0.4 is 5.32 Å². The fourth-order valence-electron chi connectivity index (χ4n) is 1.90. The first-order valence-corrected chi connectivity index (χ1v) is 5.44. The molecule has 1 aromatic carbocycles. The quantitative estimate of drug-likeness (QED) is 0.786. The van der Waals surface area contributed by atoms with E-state index in [0.717, 1.165) is 6.42 Å². The summed E-state index contributed by atoms with van der Waals surface area (Å²) in [5.74, 6) is 0. The van der Waals surface area contributed by atoms with Crippen LogP contribution in [0.15, 0.2) is 24.3 Å². The minimum atomic E-state index is 0.526. The molecule has 0 bridgehead atoms. The van der Waals surface area contributed by atoms with E-state index in [2.05, 4.69) is 48.4 Å². The van der Waals surface area contributed by atoms with Gasteiger partial charge < -0.3 is 10.3 Å². The Balaban J connectivity index is 2.30. The van der Waals surface area contributed by atoms with E-state index < -0.39 is 0 Å². The van der Waals surface area contributed by atoms with Crippen LogP contribution in [0.2, 0.25) is 0 Å². The zero-order valence-corrected chi connectivity index (χ0v) is 9.59. The molecule has 15 heavy (non-hydrogen) atoms. The topological polar surface area (TPSA) is 27.8 Å². The zero-order chi connectivity index (χ0) is 10.8. The molecule has 0 fully saturated rings. The van der Waals surface area contributed by atoms with Crippen molar-refractivity contribution >= 4 is 10.9 Å². The first kappa shape index (κ1) is 10.2.